The molecule has 1 aromatic heterocycles. The minimum atomic E-state index is -0.248. The third-order valence-corrected chi connectivity index (χ3v) is 4.05. The number of benzene rings is 1. The second-order valence-corrected chi connectivity index (χ2v) is 5.60. The van der Waals surface area contributed by atoms with Gasteiger partial charge in [-0.2, -0.15) is 5.26 Å². The Morgan fingerprint density at radius 3 is 2.91 bits per heavy atom. The predicted octanol–water partition coefficient (Wildman–Crippen LogP) is 1.20. The van der Waals surface area contributed by atoms with Gasteiger partial charge in [-0.25, -0.2) is 4.98 Å². The number of nitrogens with one attached hydrogen (secondary N) is 2. The molecule has 1 fully saturated rings. The van der Waals surface area contributed by atoms with Crippen LogP contribution in [0.15, 0.2) is 24.5 Å². The number of rotatable bonds is 3. The average molecular weight is 311 g/mol. The van der Waals surface area contributed by atoms with Crippen molar-refractivity contribution < 1.29 is 9.59 Å². The number of hydrogen-bond acceptors (Lipinski definition) is 4. The molecule has 7 heteroatoms. The van der Waals surface area contributed by atoms with Crippen LogP contribution in [-0.4, -0.2) is 45.8 Å². The van der Waals surface area contributed by atoms with Crippen LogP contribution in [0.1, 0.15) is 29.6 Å². The maximum Gasteiger partial charge on any atom is 0.253 e. The van der Waals surface area contributed by atoms with Gasteiger partial charge in [0, 0.05) is 24.7 Å². The molecule has 1 saturated heterocycles. The lowest BCUT2D eigenvalue weighted by Crippen LogP contribution is -2.46. The summed E-state index contributed by atoms with van der Waals surface area (Å²) >= 11 is 0. The highest BCUT2D eigenvalue weighted by molar-refractivity contribution is 5.97. The van der Waals surface area contributed by atoms with Crippen LogP contribution in [0, 0.1) is 11.3 Å². The van der Waals surface area contributed by atoms with E-state index in [4.69, 9.17) is 5.26 Å². The van der Waals surface area contributed by atoms with Crippen LogP contribution in [-0.2, 0) is 4.79 Å². The number of amides is 2. The summed E-state index contributed by atoms with van der Waals surface area (Å²) < 4.78 is 0. The van der Waals surface area contributed by atoms with Crippen molar-refractivity contribution in [2.75, 3.05) is 13.1 Å². The van der Waals surface area contributed by atoms with Crippen molar-refractivity contribution in [3.05, 3.63) is 30.1 Å². The second-order valence-electron chi connectivity index (χ2n) is 5.60. The van der Waals surface area contributed by atoms with Gasteiger partial charge in [0.1, 0.15) is 6.42 Å². The molecule has 118 valence electrons. The lowest BCUT2D eigenvalue weighted by molar-refractivity contribution is -0.121. The topological polar surface area (TPSA) is 102 Å². The van der Waals surface area contributed by atoms with Gasteiger partial charge in [-0.1, -0.05) is 0 Å². The zero-order chi connectivity index (χ0) is 16.2. The monoisotopic (exact) mass is 311 g/mol. The van der Waals surface area contributed by atoms with E-state index in [1.54, 1.807) is 17.3 Å². The van der Waals surface area contributed by atoms with Crippen LogP contribution in [0.4, 0.5) is 0 Å². The van der Waals surface area contributed by atoms with Crippen LogP contribution in [0.2, 0.25) is 0 Å². The molecule has 7 nitrogen and oxygen atoms in total. The summed E-state index contributed by atoms with van der Waals surface area (Å²) in [6, 6.07) is 7.29. The van der Waals surface area contributed by atoms with Crippen LogP contribution in [0.3, 0.4) is 0 Å². The van der Waals surface area contributed by atoms with Gasteiger partial charge in [-0.3, -0.25) is 9.59 Å². The summed E-state index contributed by atoms with van der Waals surface area (Å²) in [6.45, 7) is 1.19. The number of aromatic amines is 1. The molecule has 2 N–H and O–H groups in total. The number of carbonyl (C=O) groups is 2. The van der Waals surface area contributed by atoms with Crippen molar-refractivity contribution in [1.29, 1.82) is 5.26 Å². The molecule has 0 aliphatic carbocycles. The van der Waals surface area contributed by atoms with Gasteiger partial charge in [0.05, 0.1) is 23.4 Å². The molecule has 1 aliphatic heterocycles. The molecule has 0 unspecified atom stereocenters. The smallest absolute Gasteiger partial charge is 0.253 e. The van der Waals surface area contributed by atoms with E-state index < -0.39 is 0 Å². The van der Waals surface area contributed by atoms with Gasteiger partial charge in [-0.15, -0.1) is 0 Å². The number of H-pyrrole nitrogens is 1. The Morgan fingerprint density at radius 2 is 2.17 bits per heavy atom. The Bertz CT molecular complexity index is 768. The van der Waals surface area contributed by atoms with E-state index in [1.165, 1.54) is 0 Å². The second kappa shape index (κ2) is 6.48. The van der Waals surface area contributed by atoms with Gasteiger partial charge in [0.2, 0.25) is 5.91 Å². The zero-order valence-electron chi connectivity index (χ0n) is 12.6. The first-order valence-electron chi connectivity index (χ1n) is 7.56. The highest BCUT2D eigenvalue weighted by Gasteiger charge is 2.24. The molecule has 0 bridgehead atoms. The summed E-state index contributed by atoms with van der Waals surface area (Å²) in [7, 11) is 0. The number of nitriles is 1. The highest BCUT2D eigenvalue weighted by Crippen LogP contribution is 2.17. The van der Waals surface area contributed by atoms with Crippen molar-refractivity contribution >= 4 is 22.8 Å². The zero-order valence-corrected chi connectivity index (χ0v) is 12.6. The normalized spacial score (nSPS) is 15.3. The van der Waals surface area contributed by atoms with Gasteiger partial charge >= 0.3 is 0 Å². The maximum absolute atomic E-state index is 12.6. The van der Waals surface area contributed by atoms with E-state index in [0.717, 1.165) is 11.0 Å². The number of likely N-dealkylation sites (tertiary alicyclic amines) is 1. The lowest BCUT2D eigenvalue weighted by atomic mass is 10.0. The molecule has 1 aliphatic rings. The number of carbonyl (C=O) groups excluding carboxylic acids is 2. The molecule has 1 aromatic carbocycles. The summed E-state index contributed by atoms with van der Waals surface area (Å²) in [4.78, 5) is 32.9. The highest BCUT2D eigenvalue weighted by atomic mass is 16.2. The van der Waals surface area contributed by atoms with Crippen molar-refractivity contribution in [2.45, 2.75) is 25.3 Å². The number of nitrogens with zero attached hydrogens (tertiary/aromatic N) is 3. The Kier molecular flexibility index (Phi) is 4.24. The fourth-order valence-corrected chi connectivity index (χ4v) is 2.83. The molecule has 2 aromatic rings. The number of piperidine rings is 1. The Hall–Kier alpha value is -2.88. The Balaban J connectivity index is 1.59. The van der Waals surface area contributed by atoms with Crippen LogP contribution < -0.4 is 5.32 Å². The van der Waals surface area contributed by atoms with Crippen LogP contribution in [0.5, 0.6) is 0 Å². The van der Waals surface area contributed by atoms with E-state index >= 15 is 0 Å². The molecule has 3 rings (SSSR count). The summed E-state index contributed by atoms with van der Waals surface area (Å²) in [5, 5.41) is 11.3. The number of fused-ring (bicyclic) bond motifs is 1. The van der Waals surface area contributed by atoms with E-state index in [0.29, 0.717) is 31.5 Å². The van der Waals surface area contributed by atoms with E-state index in [9.17, 15) is 9.59 Å². The van der Waals surface area contributed by atoms with E-state index in [2.05, 4.69) is 15.3 Å². The molecule has 2 amide bonds. The minimum absolute atomic E-state index is 0.0108. The molecule has 0 atom stereocenters. The Morgan fingerprint density at radius 1 is 1.39 bits per heavy atom. The maximum atomic E-state index is 12.6. The number of imidazole rings is 1. The minimum Gasteiger partial charge on any atom is -0.352 e. The Labute approximate surface area is 133 Å². The third-order valence-electron chi connectivity index (χ3n) is 4.05. The summed E-state index contributed by atoms with van der Waals surface area (Å²) in [5.41, 5.74) is 2.31. The van der Waals surface area contributed by atoms with Gasteiger partial charge < -0.3 is 15.2 Å². The van der Waals surface area contributed by atoms with Gasteiger partial charge in [0.15, 0.2) is 0 Å². The fraction of sp³-hybridized carbons (Fsp3) is 0.375. The summed E-state index contributed by atoms with van der Waals surface area (Å²) in [6.07, 6.45) is 2.89. The molecule has 0 spiro atoms. The van der Waals surface area contributed by atoms with E-state index in [1.807, 2.05) is 18.2 Å². The number of aromatic nitrogens is 2. The predicted molar refractivity (Wildman–Crippen MR) is 83.4 cm³/mol. The van der Waals surface area contributed by atoms with Gasteiger partial charge in [-0.05, 0) is 31.0 Å². The molecule has 2 heterocycles. The standard InChI is InChI=1S/C16H17N5O2/c17-6-3-15(22)20-12-4-7-21(8-5-12)16(23)11-1-2-13-14(9-11)19-10-18-13/h1-2,9-10,12H,3-5,7-8H2,(H,18,19)(H,20,22). The van der Waals surface area contributed by atoms with E-state index in [-0.39, 0.29) is 24.3 Å². The van der Waals surface area contributed by atoms with Crippen LogP contribution >= 0.6 is 0 Å². The van der Waals surface area contributed by atoms with Crippen LogP contribution in [0.25, 0.3) is 11.0 Å². The fourth-order valence-electron chi connectivity index (χ4n) is 2.83. The molecular weight excluding hydrogens is 294 g/mol. The lowest BCUT2D eigenvalue weighted by Gasteiger charge is -2.32. The van der Waals surface area contributed by atoms with Crippen molar-refractivity contribution in [3.63, 3.8) is 0 Å². The molecule has 0 radical (unpaired) electrons. The van der Waals surface area contributed by atoms with Crippen molar-refractivity contribution in [1.82, 2.24) is 20.2 Å². The first-order valence-corrected chi connectivity index (χ1v) is 7.56. The molecule has 23 heavy (non-hydrogen) atoms. The third kappa shape index (κ3) is 3.31. The first kappa shape index (κ1) is 15.0. The van der Waals surface area contributed by atoms with Crippen molar-refractivity contribution in [2.24, 2.45) is 0 Å². The molecule has 0 saturated carbocycles. The average Bonchev–Trinajstić information content (AvgIpc) is 3.02. The van der Waals surface area contributed by atoms with Crippen molar-refractivity contribution in [3.8, 4) is 6.07 Å². The largest absolute Gasteiger partial charge is 0.352 e. The molecular formula is C16H17N5O2. The quantitative estimate of drug-likeness (QED) is 0.889. The number of hydrogen-bond donors (Lipinski definition) is 2. The van der Waals surface area contributed by atoms with Gasteiger partial charge in [0.25, 0.3) is 5.91 Å². The SMILES string of the molecule is N#CCC(=O)NC1CCN(C(=O)c2ccc3nc[nH]c3c2)CC1. The first-order chi connectivity index (χ1) is 11.2. The summed E-state index contributed by atoms with van der Waals surface area (Å²) in [5.74, 6) is -0.259.